The number of ether oxygens (including phenoxy) is 1. The van der Waals surface area contributed by atoms with Gasteiger partial charge in [0, 0.05) is 6.54 Å². The summed E-state index contributed by atoms with van der Waals surface area (Å²) in [5.74, 6) is 0.461. The minimum absolute atomic E-state index is 0.149. The van der Waals surface area contributed by atoms with Crippen molar-refractivity contribution in [2.45, 2.75) is 65.3 Å². The van der Waals surface area contributed by atoms with Crippen LogP contribution in [0, 0.1) is 5.92 Å². The molecule has 0 spiro atoms. The smallest absolute Gasteiger partial charge is 0.313 e. The first-order chi connectivity index (χ1) is 16.8. The summed E-state index contributed by atoms with van der Waals surface area (Å²) in [4.78, 5) is 36.9. The number of anilines is 2. The fourth-order valence-corrected chi connectivity index (χ4v) is 5.16. The number of hydrogen-bond donors (Lipinski definition) is 2. The number of rotatable bonds is 3. The summed E-state index contributed by atoms with van der Waals surface area (Å²) in [5, 5.41) is 2.72. The number of pyridine rings is 1. The number of nitrogens with two attached hydrogens (primary N) is 1. The molecule has 1 aromatic carbocycles. The van der Waals surface area contributed by atoms with Crippen molar-refractivity contribution < 1.29 is 14.3 Å². The Morgan fingerprint density at radius 1 is 1.20 bits per heavy atom. The van der Waals surface area contributed by atoms with E-state index in [2.05, 4.69) is 46.9 Å². The Morgan fingerprint density at radius 2 is 2.03 bits per heavy atom. The van der Waals surface area contributed by atoms with Gasteiger partial charge in [-0.2, -0.15) is 0 Å². The Morgan fingerprint density at radius 3 is 2.83 bits per heavy atom. The molecule has 0 aliphatic carbocycles. The Bertz CT molecular complexity index is 1290. The van der Waals surface area contributed by atoms with E-state index in [4.69, 9.17) is 15.5 Å². The van der Waals surface area contributed by atoms with E-state index in [0.717, 1.165) is 47.4 Å². The molecule has 3 N–H and O–H groups in total. The average molecular weight is 477 g/mol. The van der Waals surface area contributed by atoms with Crippen molar-refractivity contribution in [1.82, 2.24) is 19.4 Å². The molecular formula is C26H32N6O3. The predicted octanol–water partition coefficient (Wildman–Crippen LogP) is 3.43. The van der Waals surface area contributed by atoms with Crippen molar-refractivity contribution >= 4 is 34.4 Å². The van der Waals surface area contributed by atoms with Crippen LogP contribution < -0.4 is 11.1 Å². The molecule has 2 aromatic heterocycles. The lowest BCUT2D eigenvalue weighted by atomic mass is 9.89. The molecule has 3 aromatic rings. The molecule has 9 heteroatoms. The van der Waals surface area contributed by atoms with E-state index in [1.54, 1.807) is 11.0 Å². The van der Waals surface area contributed by atoms with Crippen molar-refractivity contribution in [2.24, 2.45) is 5.92 Å². The Balaban J connectivity index is 1.40. The van der Waals surface area contributed by atoms with Crippen LogP contribution in [0.3, 0.4) is 0 Å². The van der Waals surface area contributed by atoms with E-state index in [-0.39, 0.29) is 12.1 Å². The van der Waals surface area contributed by atoms with Gasteiger partial charge in [-0.1, -0.05) is 19.9 Å². The monoisotopic (exact) mass is 476 g/mol. The van der Waals surface area contributed by atoms with Crippen molar-refractivity contribution in [1.29, 1.82) is 0 Å². The van der Waals surface area contributed by atoms with Crippen LogP contribution in [-0.4, -0.2) is 43.9 Å². The van der Waals surface area contributed by atoms with Crippen LogP contribution >= 0.6 is 0 Å². The number of carbonyl (C=O) groups excluding carboxylic acids is 2. The van der Waals surface area contributed by atoms with E-state index in [1.807, 2.05) is 6.92 Å². The molecule has 3 atom stereocenters. The fraction of sp³-hybridized carbons (Fsp3) is 0.462. The van der Waals surface area contributed by atoms with Crippen LogP contribution in [0.2, 0.25) is 0 Å². The van der Waals surface area contributed by atoms with E-state index in [9.17, 15) is 9.59 Å². The highest BCUT2D eigenvalue weighted by Crippen LogP contribution is 2.35. The van der Waals surface area contributed by atoms with Gasteiger partial charge in [-0.15, -0.1) is 0 Å². The first-order valence-electron chi connectivity index (χ1n) is 12.3. The largest absolute Gasteiger partial charge is 0.383 e. The molecule has 2 amide bonds. The first kappa shape index (κ1) is 23.3. The van der Waals surface area contributed by atoms with Crippen molar-refractivity contribution in [3.63, 3.8) is 0 Å². The highest BCUT2D eigenvalue weighted by atomic mass is 16.5. The molecule has 9 nitrogen and oxygen atoms in total. The standard InChI is InChI=1S/C26H32N6O3/c1-4-17-9-19(11-28-24(17)27)29-25(33)26(34)32-12-15(2)5-7-21(32)18-6-8-22-20(10-18)30-23-14-35-16(3)13-31(22)23/h6,8-11,15-16,21H,4-5,7,12-14H2,1-3H3,(H2,27,28)(H,29,33)/t15-,16-,21+/m0/s1. The SMILES string of the molecule is CCc1cc(NC(=O)C(=O)N2C[C@@H](C)CC[C@@H]2c2ccc3c(c2)nc2n3C[C@H](C)OC2)cnc1N. The van der Waals surface area contributed by atoms with Gasteiger partial charge in [0.25, 0.3) is 0 Å². The third-order valence-electron chi connectivity index (χ3n) is 7.09. The number of hydrogen-bond acceptors (Lipinski definition) is 6. The molecular weight excluding hydrogens is 444 g/mol. The molecule has 0 radical (unpaired) electrons. The molecule has 184 valence electrons. The number of nitrogens with zero attached hydrogens (tertiary/aromatic N) is 4. The molecule has 2 aliphatic rings. The Hall–Kier alpha value is -3.46. The number of carbonyl (C=O) groups is 2. The molecule has 1 saturated heterocycles. The predicted molar refractivity (Wildman–Crippen MR) is 133 cm³/mol. The highest BCUT2D eigenvalue weighted by molar-refractivity contribution is 6.39. The van der Waals surface area contributed by atoms with Crippen LogP contribution in [0.15, 0.2) is 30.5 Å². The lowest BCUT2D eigenvalue weighted by Crippen LogP contribution is -2.46. The maximum absolute atomic E-state index is 13.3. The molecule has 4 heterocycles. The average Bonchev–Trinajstić information content (AvgIpc) is 3.21. The number of imidazole rings is 1. The van der Waals surface area contributed by atoms with Crippen LogP contribution in [0.25, 0.3) is 11.0 Å². The lowest BCUT2D eigenvalue weighted by molar-refractivity contribution is -0.146. The summed E-state index contributed by atoms with van der Waals surface area (Å²) >= 11 is 0. The second-order valence-electron chi connectivity index (χ2n) is 9.74. The number of nitrogen functional groups attached to an aromatic ring is 1. The second-order valence-corrected chi connectivity index (χ2v) is 9.74. The molecule has 0 saturated carbocycles. The van der Waals surface area contributed by atoms with Crippen LogP contribution in [0.4, 0.5) is 11.5 Å². The van der Waals surface area contributed by atoms with Crippen molar-refractivity contribution in [3.05, 3.63) is 47.4 Å². The molecule has 1 fully saturated rings. The van der Waals surface area contributed by atoms with Gasteiger partial charge in [-0.25, -0.2) is 9.97 Å². The summed E-state index contributed by atoms with van der Waals surface area (Å²) in [7, 11) is 0. The number of piperidine rings is 1. The quantitative estimate of drug-likeness (QED) is 0.560. The van der Waals surface area contributed by atoms with E-state index >= 15 is 0 Å². The van der Waals surface area contributed by atoms with Crippen LogP contribution in [0.1, 0.15) is 56.6 Å². The maximum atomic E-state index is 13.3. The van der Waals surface area contributed by atoms with Gasteiger partial charge in [-0.3, -0.25) is 9.59 Å². The summed E-state index contributed by atoms with van der Waals surface area (Å²) in [6.07, 6.45) is 4.10. The molecule has 0 bridgehead atoms. The topological polar surface area (TPSA) is 115 Å². The molecule has 35 heavy (non-hydrogen) atoms. The summed E-state index contributed by atoms with van der Waals surface area (Å²) < 4.78 is 7.95. The van der Waals surface area contributed by atoms with Gasteiger partial charge in [0.1, 0.15) is 18.2 Å². The number of nitrogens with one attached hydrogen (secondary N) is 1. The van der Waals surface area contributed by atoms with Gasteiger partial charge in [-0.05, 0) is 61.4 Å². The Kier molecular flexibility index (Phi) is 6.19. The van der Waals surface area contributed by atoms with Gasteiger partial charge in [0.15, 0.2) is 0 Å². The zero-order chi connectivity index (χ0) is 24.7. The Labute approximate surface area is 204 Å². The maximum Gasteiger partial charge on any atom is 0.313 e. The minimum atomic E-state index is -0.664. The first-order valence-corrected chi connectivity index (χ1v) is 12.3. The van der Waals surface area contributed by atoms with E-state index < -0.39 is 11.8 Å². The van der Waals surface area contributed by atoms with Crippen LogP contribution in [-0.2, 0) is 33.9 Å². The number of fused-ring (bicyclic) bond motifs is 3. The summed E-state index contributed by atoms with van der Waals surface area (Å²) in [6.45, 7) is 7.93. The van der Waals surface area contributed by atoms with Crippen molar-refractivity contribution in [3.8, 4) is 0 Å². The third kappa shape index (κ3) is 4.48. The zero-order valence-corrected chi connectivity index (χ0v) is 20.5. The molecule has 2 aliphatic heterocycles. The minimum Gasteiger partial charge on any atom is -0.383 e. The lowest BCUT2D eigenvalue weighted by Gasteiger charge is -2.38. The van der Waals surface area contributed by atoms with E-state index in [0.29, 0.717) is 37.0 Å². The number of amides is 2. The van der Waals surface area contributed by atoms with Crippen LogP contribution in [0.5, 0.6) is 0 Å². The van der Waals surface area contributed by atoms with Gasteiger partial charge < -0.3 is 25.3 Å². The third-order valence-corrected chi connectivity index (χ3v) is 7.09. The number of benzene rings is 1. The second kappa shape index (κ2) is 9.30. The van der Waals surface area contributed by atoms with Gasteiger partial charge in [0.05, 0.1) is 41.6 Å². The zero-order valence-electron chi connectivity index (χ0n) is 20.5. The summed E-state index contributed by atoms with van der Waals surface area (Å²) in [5.41, 5.74) is 10.1. The number of aryl methyl sites for hydroxylation is 1. The normalized spacial score (nSPS) is 22.1. The van der Waals surface area contributed by atoms with Crippen molar-refractivity contribution in [2.75, 3.05) is 17.6 Å². The van der Waals surface area contributed by atoms with E-state index in [1.165, 1.54) is 6.20 Å². The summed E-state index contributed by atoms with van der Waals surface area (Å²) in [6, 6.07) is 7.78. The molecule has 5 rings (SSSR count). The molecule has 0 unspecified atom stereocenters. The highest BCUT2D eigenvalue weighted by Gasteiger charge is 2.34. The fourth-order valence-electron chi connectivity index (χ4n) is 5.16. The van der Waals surface area contributed by atoms with Gasteiger partial charge >= 0.3 is 11.8 Å². The number of aromatic nitrogens is 3. The number of likely N-dealkylation sites (tertiary alicyclic amines) is 1. The van der Waals surface area contributed by atoms with Gasteiger partial charge in [0.2, 0.25) is 0 Å².